The van der Waals surface area contributed by atoms with Crippen LogP contribution in [-0.4, -0.2) is 59.2 Å². The Morgan fingerprint density at radius 1 is 0.886 bits per heavy atom. The molecule has 0 amide bonds. The second kappa shape index (κ2) is 7.67. The summed E-state index contributed by atoms with van der Waals surface area (Å²) < 4.78 is 0. The third-order valence-electron chi connectivity index (χ3n) is 6.34. The number of anilines is 1. The molecule has 0 bridgehead atoms. The maximum atomic E-state index is 5.93. The Bertz CT molecular complexity index is 1680. The van der Waals surface area contributed by atoms with E-state index >= 15 is 0 Å². The van der Waals surface area contributed by atoms with E-state index < -0.39 is 0 Å². The Morgan fingerprint density at radius 2 is 1.80 bits per heavy atom. The van der Waals surface area contributed by atoms with Crippen LogP contribution in [0.15, 0.2) is 67.6 Å². The van der Waals surface area contributed by atoms with Crippen LogP contribution >= 0.6 is 0 Å². The van der Waals surface area contributed by atoms with Crippen molar-refractivity contribution in [1.82, 2.24) is 40.1 Å². The number of pyridine rings is 3. The molecular formula is C25H20N10. The second-order valence-corrected chi connectivity index (χ2v) is 8.69. The van der Waals surface area contributed by atoms with E-state index in [1.165, 1.54) is 0 Å². The Labute approximate surface area is 199 Å². The van der Waals surface area contributed by atoms with Gasteiger partial charge in [-0.05, 0) is 18.2 Å². The molecule has 0 aromatic carbocycles. The first-order valence-electron chi connectivity index (χ1n) is 11.3. The third kappa shape index (κ3) is 3.30. The molecule has 0 unspecified atom stereocenters. The van der Waals surface area contributed by atoms with Gasteiger partial charge in [0.2, 0.25) is 0 Å². The van der Waals surface area contributed by atoms with Crippen molar-refractivity contribution in [3.05, 3.63) is 67.6 Å². The highest BCUT2D eigenvalue weighted by Gasteiger charge is 2.25. The summed E-state index contributed by atoms with van der Waals surface area (Å²) in [5.41, 5.74) is 12.8. The predicted octanol–water partition coefficient (Wildman–Crippen LogP) is 3.17. The molecule has 0 aliphatic carbocycles. The predicted molar refractivity (Wildman–Crippen MR) is 133 cm³/mol. The van der Waals surface area contributed by atoms with Crippen LogP contribution in [0, 0.1) is 0 Å². The van der Waals surface area contributed by atoms with Crippen LogP contribution < -0.4 is 10.6 Å². The van der Waals surface area contributed by atoms with Crippen LogP contribution in [-0.2, 0) is 0 Å². The van der Waals surface area contributed by atoms with E-state index in [0.29, 0.717) is 5.69 Å². The average molecular weight is 461 g/mol. The molecular weight excluding hydrogens is 440 g/mol. The molecule has 0 saturated carbocycles. The Morgan fingerprint density at radius 3 is 2.66 bits per heavy atom. The van der Waals surface area contributed by atoms with Gasteiger partial charge in [0.15, 0.2) is 0 Å². The minimum Gasteiger partial charge on any atom is -0.352 e. The topological polar surface area (TPSA) is 138 Å². The fourth-order valence-corrected chi connectivity index (χ4v) is 4.52. The summed E-state index contributed by atoms with van der Waals surface area (Å²) in [7, 11) is 0. The van der Waals surface area contributed by atoms with Crippen LogP contribution in [0.2, 0.25) is 0 Å². The lowest BCUT2D eigenvalue weighted by atomic mass is 10.1. The smallest absolute Gasteiger partial charge is 0.147 e. The summed E-state index contributed by atoms with van der Waals surface area (Å²) in [5.74, 6) is 0.810. The van der Waals surface area contributed by atoms with Gasteiger partial charge in [-0.3, -0.25) is 25.0 Å². The molecule has 0 spiro atoms. The molecule has 1 fully saturated rings. The summed E-state index contributed by atoms with van der Waals surface area (Å²) >= 11 is 0. The summed E-state index contributed by atoms with van der Waals surface area (Å²) in [6.45, 7) is 1.57. The number of aromatic nitrogens is 8. The van der Waals surface area contributed by atoms with E-state index in [2.05, 4.69) is 46.1 Å². The Kier molecular flexibility index (Phi) is 4.33. The van der Waals surface area contributed by atoms with Gasteiger partial charge in [0.05, 0.1) is 47.2 Å². The zero-order valence-electron chi connectivity index (χ0n) is 18.6. The molecule has 7 rings (SSSR count). The third-order valence-corrected chi connectivity index (χ3v) is 6.34. The van der Waals surface area contributed by atoms with Crippen molar-refractivity contribution in [1.29, 1.82) is 0 Å². The normalized spacial score (nSPS) is 14.0. The lowest BCUT2D eigenvalue weighted by Crippen LogP contribution is -2.56. The molecule has 35 heavy (non-hydrogen) atoms. The largest absolute Gasteiger partial charge is 0.352 e. The number of rotatable bonds is 4. The first-order valence-corrected chi connectivity index (χ1v) is 11.3. The minimum absolute atomic E-state index is 0.189. The van der Waals surface area contributed by atoms with Crippen molar-refractivity contribution in [3.8, 4) is 33.9 Å². The monoisotopic (exact) mass is 460 g/mol. The molecule has 0 atom stereocenters. The van der Waals surface area contributed by atoms with Gasteiger partial charge in [0, 0.05) is 59.6 Å². The van der Waals surface area contributed by atoms with Gasteiger partial charge < -0.3 is 15.6 Å². The fourth-order valence-electron chi connectivity index (χ4n) is 4.52. The molecule has 1 aliphatic rings. The number of H-pyrrole nitrogens is 2. The van der Waals surface area contributed by atoms with Gasteiger partial charge in [-0.25, -0.2) is 4.98 Å². The lowest BCUT2D eigenvalue weighted by molar-refractivity contribution is 0.514. The van der Waals surface area contributed by atoms with Gasteiger partial charge in [-0.1, -0.05) is 6.07 Å². The Hall–Kier alpha value is -4.70. The van der Waals surface area contributed by atoms with E-state index in [1.807, 2.05) is 36.8 Å². The van der Waals surface area contributed by atoms with E-state index in [0.717, 1.165) is 68.9 Å². The van der Waals surface area contributed by atoms with Crippen molar-refractivity contribution in [2.45, 2.75) is 6.04 Å². The molecule has 170 valence electrons. The van der Waals surface area contributed by atoms with E-state index in [-0.39, 0.29) is 6.04 Å². The van der Waals surface area contributed by atoms with Gasteiger partial charge in [0.25, 0.3) is 0 Å². The Balaban J connectivity index is 1.31. The van der Waals surface area contributed by atoms with Crippen LogP contribution in [0.5, 0.6) is 0 Å². The fraction of sp³-hybridized carbons (Fsp3) is 0.120. The molecule has 0 radical (unpaired) electrons. The first kappa shape index (κ1) is 19.7. The van der Waals surface area contributed by atoms with Crippen molar-refractivity contribution in [2.75, 3.05) is 18.0 Å². The summed E-state index contributed by atoms with van der Waals surface area (Å²) in [4.78, 5) is 28.0. The highest BCUT2D eigenvalue weighted by molar-refractivity contribution is 6.00. The zero-order valence-corrected chi connectivity index (χ0v) is 18.6. The van der Waals surface area contributed by atoms with Gasteiger partial charge in [-0.15, -0.1) is 0 Å². The van der Waals surface area contributed by atoms with Crippen LogP contribution in [0.3, 0.4) is 0 Å². The zero-order chi connectivity index (χ0) is 23.4. The number of fused-ring (bicyclic) bond motifs is 2. The number of aromatic amines is 2. The average Bonchev–Trinajstić information content (AvgIpc) is 3.51. The van der Waals surface area contributed by atoms with E-state index in [1.54, 1.807) is 24.8 Å². The molecule has 6 aromatic rings. The van der Waals surface area contributed by atoms with Crippen molar-refractivity contribution in [3.63, 3.8) is 0 Å². The summed E-state index contributed by atoms with van der Waals surface area (Å²) in [6, 6.07) is 8.24. The van der Waals surface area contributed by atoms with Crippen molar-refractivity contribution < 1.29 is 0 Å². The van der Waals surface area contributed by atoms with Crippen LogP contribution in [0.1, 0.15) is 0 Å². The lowest BCUT2D eigenvalue weighted by Gasteiger charge is -2.37. The summed E-state index contributed by atoms with van der Waals surface area (Å²) in [6.07, 6.45) is 12.6. The van der Waals surface area contributed by atoms with Crippen LogP contribution in [0.4, 0.5) is 5.82 Å². The number of hydrogen-bond acceptors (Lipinski definition) is 8. The van der Waals surface area contributed by atoms with Crippen molar-refractivity contribution >= 4 is 27.6 Å². The number of nitrogens with two attached hydrogens (primary N) is 1. The van der Waals surface area contributed by atoms with Crippen LogP contribution in [0.25, 0.3) is 55.7 Å². The number of nitrogens with one attached hydrogen (secondary N) is 2. The van der Waals surface area contributed by atoms with E-state index in [4.69, 9.17) is 10.7 Å². The number of nitrogens with zero attached hydrogens (tertiary/aromatic N) is 7. The highest BCUT2D eigenvalue weighted by Crippen LogP contribution is 2.34. The summed E-state index contributed by atoms with van der Waals surface area (Å²) in [5, 5.41) is 9.68. The molecule has 1 saturated heterocycles. The SMILES string of the molecule is NC1CN(c2cncc(-c3cc4c(-c5cc6c(-c7cccnc7)cncc6[nH]5)n[nH]c4cn3)n2)C1. The minimum atomic E-state index is 0.189. The molecule has 4 N–H and O–H groups in total. The second-order valence-electron chi connectivity index (χ2n) is 8.69. The van der Waals surface area contributed by atoms with E-state index in [9.17, 15) is 0 Å². The molecule has 10 heteroatoms. The molecule has 10 nitrogen and oxygen atoms in total. The van der Waals surface area contributed by atoms with Gasteiger partial charge in [-0.2, -0.15) is 5.10 Å². The highest BCUT2D eigenvalue weighted by atomic mass is 15.3. The molecule has 1 aliphatic heterocycles. The number of hydrogen-bond donors (Lipinski definition) is 3. The molecule has 6 aromatic heterocycles. The standard InChI is InChI=1S/C25H20N10/c26-15-12-35(13-15)24-11-29-9-23(32-24)19-5-17-22(10-30-19)33-34-25(17)20-4-16-18(7-28-8-21(16)31-20)14-2-1-3-27-6-14/h1-11,15,31H,12-13,26H2,(H,33,34). The molecule has 7 heterocycles. The maximum absolute atomic E-state index is 5.93. The maximum Gasteiger partial charge on any atom is 0.147 e. The van der Waals surface area contributed by atoms with Crippen molar-refractivity contribution in [2.24, 2.45) is 5.73 Å². The van der Waals surface area contributed by atoms with Gasteiger partial charge in [0.1, 0.15) is 17.2 Å². The first-order chi connectivity index (χ1) is 17.2. The van der Waals surface area contributed by atoms with Gasteiger partial charge >= 0.3 is 0 Å². The quantitative estimate of drug-likeness (QED) is 0.365.